The van der Waals surface area contributed by atoms with E-state index >= 15 is 0 Å². The molecule has 0 atom stereocenters. The monoisotopic (exact) mass is 363 g/mol. The number of carbonyl (C=O) groups is 3. The molecule has 0 saturated carbocycles. The molecule has 0 fully saturated rings. The fourth-order valence-corrected chi connectivity index (χ4v) is 3.13. The van der Waals surface area contributed by atoms with E-state index in [1.165, 1.54) is 12.1 Å². The number of hydrogen-bond donors (Lipinski definition) is 2. The number of anilines is 1. The van der Waals surface area contributed by atoms with Crippen molar-refractivity contribution in [2.45, 2.75) is 13.0 Å². The second-order valence-electron chi connectivity index (χ2n) is 6.18. The molecule has 0 saturated heterocycles. The number of fused-ring (bicyclic) bond motifs is 2. The summed E-state index contributed by atoms with van der Waals surface area (Å²) in [4.78, 5) is 48.1. The fourth-order valence-electron chi connectivity index (χ4n) is 3.13. The van der Waals surface area contributed by atoms with E-state index in [0.29, 0.717) is 16.8 Å². The van der Waals surface area contributed by atoms with Gasteiger partial charge >= 0.3 is 5.97 Å². The average Bonchev–Trinajstić information content (AvgIpc) is 3.02. The van der Waals surface area contributed by atoms with Crippen LogP contribution in [0.15, 0.2) is 47.3 Å². The first kappa shape index (κ1) is 16.6. The number of nitrogens with one attached hydrogen (secondary N) is 1. The number of hydrogen-bond acceptors (Lipinski definition) is 5. The third-order valence-corrected chi connectivity index (χ3v) is 4.42. The molecule has 8 heteroatoms. The van der Waals surface area contributed by atoms with Gasteiger partial charge in [-0.15, -0.1) is 0 Å². The molecular formula is C19H13N3O5. The number of ketones is 1. The zero-order chi connectivity index (χ0) is 19.1. The highest BCUT2D eigenvalue weighted by Gasteiger charge is 2.21. The minimum absolute atomic E-state index is 0.145. The molecule has 0 aliphatic carbocycles. The molecule has 1 amide bonds. The van der Waals surface area contributed by atoms with Crippen LogP contribution in [0.1, 0.15) is 26.4 Å². The fraction of sp³-hybridized carbons (Fsp3) is 0.105. The first-order valence-corrected chi connectivity index (χ1v) is 8.13. The Kier molecular flexibility index (Phi) is 3.80. The lowest BCUT2D eigenvalue weighted by molar-refractivity contribution is -0.115. The highest BCUT2D eigenvalue weighted by molar-refractivity contribution is 6.03. The maximum atomic E-state index is 12.6. The maximum absolute atomic E-state index is 12.6. The van der Waals surface area contributed by atoms with Crippen LogP contribution in [0, 0.1) is 0 Å². The molecule has 2 aromatic carbocycles. The Morgan fingerprint density at radius 3 is 2.59 bits per heavy atom. The Labute approximate surface area is 152 Å². The molecule has 27 heavy (non-hydrogen) atoms. The summed E-state index contributed by atoms with van der Waals surface area (Å²) in [6.07, 6.45) is 0.188. The average molecular weight is 363 g/mol. The molecule has 4 rings (SSSR count). The van der Waals surface area contributed by atoms with Crippen molar-refractivity contribution in [3.8, 4) is 0 Å². The maximum Gasteiger partial charge on any atom is 0.357 e. The zero-order valence-electron chi connectivity index (χ0n) is 13.9. The van der Waals surface area contributed by atoms with Gasteiger partial charge < -0.3 is 10.4 Å². The third-order valence-electron chi connectivity index (χ3n) is 4.42. The predicted molar refractivity (Wildman–Crippen MR) is 96.1 cm³/mol. The Bertz CT molecular complexity index is 1200. The number of benzene rings is 2. The van der Waals surface area contributed by atoms with Crippen molar-refractivity contribution in [1.29, 1.82) is 0 Å². The van der Waals surface area contributed by atoms with Crippen molar-refractivity contribution in [2.24, 2.45) is 0 Å². The van der Waals surface area contributed by atoms with E-state index in [2.05, 4.69) is 10.4 Å². The summed E-state index contributed by atoms with van der Waals surface area (Å²) in [6, 6.07) is 11.0. The molecule has 0 spiro atoms. The number of amides is 1. The normalized spacial score (nSPS) is 12.7. The van der Waals surface area contributed by atoms with E-state index in [9.17, 15) is 24.3 Å². The summed E-state index contributed by atoms with van der Waals surface area (Å²) < 4.78 is 0.866. The SMILES string of the molecule is O=C1Cc2cc(C(=O)Cn3nc(C(=O)O)c4ccccc4c3=O)ccc2N1. The van der Waals surface area contributed by atoms with Crippen molar-refractivity contribution in [1.82, 2.24) is 9.78 Å². The minimum Gasteiger partial charge on any atom is -0.476 e. The number of carboxylic acids is 1. The van der Waals surface area contributed by atoms with E-state index in [1.54, 1.807) is 30.3 Å². The standard InChI is InChI=1S/C19H13N3O5/c23-15(10-5-6-14-11(7-10)8-16(24)20-14)9-22-18(25)13-4-2-1-3-12(13)17(21-22)19(26)27/h1-7H,8-9H2,(H,20,24)(H,26,27). The Morgan fingerprint density at radius 1 is 1.11 bits per heavy atom. The van der Waals surface area contributed by atoms with Gasteiger partial charge in [0.1, 0.15) is 6.54 Å². The van der Waals surface area contributed by atoms with Gasteiger partial charge in [-0.2, -0.15) is 5.10 Å². The van der Waals surface area contributed by atoms with E-state index in [0.717, 1.165) is 4.68 Å². The van der Waals surface area contributed by atoms with Crippen LogP contribution in [-0.4, -0.2) is 32.5 Å². The Morgan fingerprint density at radius 2 is 1.85 bits per heavy atom. The summed E-state index contributed by atoms with van der Waals surface area (Å²) in [6.45, 7) is -0.399. The van der Waals surface area contributed by atoms with Crippen LogP contribution in [0.5, 0.6) is 0 Å². The number of carbonyl (C=O) groups excluding carboxylic acids is 2. The molecule has 134 valence electrons. The molecule has 8 nitrogen and oxygen atoms in total. The van der Waals surface area contributed by atoms with Crippen LogP contribution in [-0.2, 0) is 17.8 Å². The van der Waals surface area contributed by atoms with Gasteiger partial charge in [-0.05, 0) is 29.8 Å². The first-order chi connectivity index (χ1) is 12.9. The Hall–Kier alpha value is -3.81. The van der Waals surface area contributed by atoms with Crippen LogP contribution in [0.2, 0.25) is 0 Å². The van der Waals surface area contributed by atoms with Crippen LogP contribution in [0.25, 0.3) is 10.8 Å². The topological polar surface area (TPSA) is 118 Å². The van der Waals surface area contributed by atoms with Gasteiger partial charge in [-0.1, -0.05) is 18.2 Å². The molecule has 1 aliphatic rings. The van der Waals surface area contributed by atoms with Gasteiger partial charge in [0.05, 0.1) is 11.8 Å². The quantitative estimate of drug-likeness (QED) is 0.678. The van der Waals surface area contributed by atoms with Crippen molar-refractivity contribution in [2.75, 3.05) is 5.32 Å². The largest absolute Gasteiger partial charge is 0.476 e. The van der Waals surface area contributed by atoms with Crippen molar-refractivity contribution in [3.63, 3.8) is 0 Å². The summed E-state index contributed by atoms with van der Waals surface area (Å²) >= 11 is 0. The number of aromatic carboxylic acids is 1. The molecule has 2 heterocycles. The lowest BCUT2D eigenvalue weighted by Crippen LogP contribution is -2.29. The van der Waals surface area contributed by atoms with Crippen molar-refractivity contribution in [3.05, 3.63) is 69.6 Å². The minimum atomic E-state index is -1.28. The lowest BCUT2D eigenvalue weighted by atomic mass is 10.1. The van der Waals surface area contributed by atoms with E-state index in [-0.39, 0.29) is 28.8 Å². The molecule has 0 radical (unpaired) electrons. The van der Waals surface area contributed by atoms with Gasteiger partial charge in [0.15, 0.2) is 11.5 Å². The first-order valence-electron chi connectivity index (χ1n) is 8.13. The highest BCUT2D eigenvalue weighted by Crippen LogP contribution is 2.24. The lowest BCUT2D eigenvalue weighted by Gasteiger charge is -2.09. The molecule has 3 aromatic rings. The number of Topliss-reactive ketones (excluding diaryl/α,β-unsaturated/α-hetero) is 1. The number of aromatic nitrogens is 2. The number of rotatable bonds is 4. The van der Waals surface area contributed by atoms with Crippen LogP contribution in [0.3, 0.4) is 0 Å². The molecule has 2 N–H and O–H groups in total. The molecule has 0 unspecified atom stereocenters. The van der Waals surface area contributed by atoms with Gasteiger partial charge in [0.2, 0.25) is 5.91 Å². The van der Waals surface area contributed by atoms with Crippen LogP contribution in [0.4, 0.5) is 5.69 Å². The highest BCUT2D eigenvalue weighted by atomic mass is 16.4. The number of nitrogens with zero attached hydrogens (tertiary/aromatic N) is 2. The molecule has 1 aliphatic heterocycles. The summed E-state index contributed by atoms with van der Waals surface area (Å²) in [5.74, 6) is -1.83. The molecule has 0 bridgehead atoms. The van der Waals surface area contributed by atoms with Crippen LogP contribution < -0.4 is 10.9 Å². The summed E-state index contributed by atoms with van der Waals surface area (Å²) in [7, 11) is 0. The van der Waals surface area contributed by atoms with Gasteiger partial charge in [-0.3, -0.25) is 14.4 Å². The molecular weight excluding hydrogens is 350 g/mol. The van der Waals surface area contributed by atoms with Crippen molar-refractivity contribution >= 4 is 34.1 Å². The zero-order valence-corrected chi connectivity index (χ0v) is 13.9. The Balaban J connectivity index is 1.74. The smallest absolute Gasteiger partial charge is 0.357 e. The summed E-state index contributed by atoms with van der Waals surface area (Å²) in [5, 5.41) is 16.3. The number of carboxylic acid groups (broad SMARTS) is 1. The van der Waals surface area contributed by atoms with E-state index in [1.807, 2.05) is 0 Å². The predicted octanol–water partition coefficient (Wildman–Crippen LogP) is 1.47. The van der Waals surface area contributed by atoms with E-state index in [4.69, 9.17) is 0 Å². The third kappa shape index (κ3) is 2.86. The van der Waals surface area contributed by atoms with Crippen molar-refractivity contribution < 1.29 is 19.5 Å². The second-order valence-corrected chi connectivity index (χ2v) is 6.18. The van der Waals surface area contributed by atoms with E-state index < -0.39 is 23.9 Å². The van der Waals surface area contributed by atoms with Gasteiger partial charge in [0.25, 0.3) is 5.56 Å². The molecule has 1 aromatic heterocycles. The second kappa shape index (κ2) is 6.17. The summed E-state index contributed by atoms with van der Waals surface area (Å²) in [5.41, 5.74) is 0.856. The van der Waals surface area contributed by atoms with Gasteiger partial charge in [-0.25, -0.2) is 9.48 Å². The van der Waals surface area contributed by atoms with Gasteiger partial charge in [0, 0.05) is 16.6 Å². The van der Waals surface area contributed by atoms with Crippen LogP contribution >= 0.6 is 0 Å².